The third-order valence-electron chi connectivity index (χ3n) is 4.42. The van der Waals surface area contributed by atoms with Gasteiger partial charge in [-0.15, -0.1) is 0 Å². The van der Waals surface area contributed by atoms with Crippen molar-refractivity contribution in [2.45, 2.75) is 6.18 Å². The van der Waals surface area contributed by atoms with Crippen LogP contribution in [0.5, 0.6) is 0 Å². The van der Waals surface area contributed by atoms with E-state index in [2.05, 4.69) is 10.3 Å². The molecule has 0 amide bonds. The first-order chi connectivity index (χ1) is 15.1. The van der Waals surface area contributed by atoms with Crippen LogP contribution in [0.1, 0.15) is 16.1 Å². The zero-order valence-corrected chi connectivity index (χ0v) is 16.9. The summed E-state index contributed by atoms with van der Waals surface area (Å²) in [5, 5.41) is 5.80. The van der Waals surface area contributed by atoms with Crippen molar-refractivity contribution in [1.29, 1.82) is 0 Å². The molecule has 0 aliphatic heterocycles. The van der Waals surface area contributed by atoms with E-state index < -0.39 is 51.3 Å². The Balaban J connectivity index is 2.00. The zero-order valence-electron chi connectivity index (χ0n) is 15.4. The number of hydrogen-bond acceptors (Lipinski definition) is 4. The van der Waals surface area contributed by atoms with Crippen LogP contribution in [0.4, 0.5) is 22.0 Å². The van der Waals surface area contributed by atoms with Gasteiger partial charge in [-0.05, 0) is 41.9 Å². The molecule has 5 nitrogen and oxygen atoms in total. The van der Waals surface area contributed by atoms with Gasteiger partial charge in [-0.3, -0.25) is 4.79 Å². The number of benzene rings is 2. The first-order valence-corrected chi connectivity index (χ1v) is 9.40. The van der Waals surface area contributed by atoms with Crippen LogP contribution in [0.3, 0.4) is 0 Å². The number of nitrogens with zero attached hydrogens (tertiary/aromatic N) is 3. The number of rotatable bonds is 4. The Kier molecular flexibility index (Phi) is 5.51. The van der Waals surface area contributed by atoms with Gasteiger partial charge in [-0.1, -0.05) is 28.9 Å². The molecule has 12 heteroatoms. The highest BCUT2D eigenvalue weighted by Gasteiger charge is 2.42. The summed E-state index contributed by atoms with van der Waals surface area (Å²) < 4.78 is 75.4. The Morgan fingerprint density at radius 1 is 1.09 bits per heavy atom. The van der Waals surface area contributed by atoms with Crippen molar-refractivity contribution in [1.82, 2.24) is 14.9 Å². The normalized spacial score (nSPS) is 11.7. The van der Waals surface area contributed by atoms with Crippen LogP contribution in [-0.2, 0) is 6.18 Å². The minimum atomic E-state index is -5.02. The van der Waals surface area contributed by atoms with E-state index >= 15 is 0 Å². The maximum Gasteiger partial charge on any atom is 0.434 e. The van der Waals surface area contributed by atoms with Crippen LogP contribution in [0, 0.1) is 11.6 Å². The molecular formula is C20H8Cl2F5N3O2. The first kappa shape index (κ1) is 22.0. The molecule has 0 N–H and O–H groups in total. The van der Waals surface area contributed by atoms with Crippen molar-refractivity contribution in [2.75, 3.05) is 0 Å². The molecule has 0 aliphatic carbocycles. The highest BCUT2D eigenvalue weighted by molar-refractivity contribution is 6.68. The molecule has 164 valence electrons. The molecular weight excluding hydrogens is 480 g/mol. The van der Waals surface area contributed by atoms with Crippen LogP contribution in [0.15, 0.2) is 53.2 Å². The van der Waals surface area contributed by atoms with E-state index in [1.165, 1.54) is 24.3 Å². The lowest BCUT2D eigenvalue weighted by atomic mass is 10.0. The van der Waals surface area contributed by atoms with Gasteiger partial charge < -0.3 is 4.52 Å². The molecule has 2 aromatic heterocycles. The molecule has 2 heterocycles. The highest BCUT2D eigenvalue weighted by atomic mass is 35.5. The van der Waals surface area contributed by atoms with Gasteiger partial charge in [-0.2, -0.15) is 18.3 Å². The first-order valence-electron chi connectivity index (χ1n) is 8.65. The van der Waals surface area contributed by atoms with E-state index in [4.69, 9.17) is 27.7 Å². The maximum absolute atomic E-state index is 14.4. The number of alkyl halides is 3. The van der Waals surface area contributed by atoms with Gasteiger partial charge in [0.25, 0.3) is 5.24 Å². The number of carbonyl (C=O) groups excluding carboxylic acids is 1. The third kappa shape index (κ3) is 3.76. The van der Waals surface area contributed by atoms with E-state index in [1.54, 1.807) is 0 Å². The molecule has 32 heavy (non-hydrogen) atoms. The van der Waals surface area contributed by atoms with Crippen molar-refractivity contribution in [2.24, 2.45) is 0 Å². The van der Waals surface area contributed by atoms with Crippen molar-refractivity contribution in [3.63, 3.8) is 0 Å². The topological polar surface area (TPSA) is 60.9 Å². The predicted molar refractivity (Wildman–Crippen MR) is 105 cm³/mol. The third-order valence-corrected chi connectivity index (χ3v) is 4.93. The second-order valence-electron chi connectivity index (χ2n) is 6.40. The van der Waals surface area contributed by atoms with Gasteiger partial charge in [0, 0.05) is 0 Å². The summed E-state index contributed by atoms with van der Waals surface area (Å²) in [5.41, 5.74) is -3.82. The summed E-state index contributed by atoms with van der Waals surface area (Å²) in [7, 11) is 0. The summed E-state index contributed by atoms with van der Waals surface area (Å²) in [6.45, 7) is 0. The average molecular weight is 488 g/mol. The second kappa shape index (κ2) is 8.03. The summed E-state index contributed by atoms with van der Waals surface area (Å²) in [6.07, 6.45) is -4.27. The van der Waals surface area contributed by atoms with Crippen LogP contribution >= 0.6 is 23.2 Å². The minimum absolute atomic E-state index is 0.171. The van der Waals surface area contributed by atoms with E-state index in [1.807, 2.05) is 0 Å². The second-order valence-corrected chi connectivity index (χ2v) is 7.15. The number of carbonyl (C=O) groups is 1. The molecule has 0 spiro atoms. The zero-order chi connectivity index (χ0) is 23.2. The van der Waals surface area contributed by atoms with Crippen LogP contribution in [-0.4, -0.2) is 20.2 Å². The van der Waals surface area contributed by atoms with E-state index in [-0.39, 0.29) is 16.3 Å². The highest BCUT2D eigenvalue weighted by Crippen LogP contribution is 2.43. The molecule has 0 fully saturated rings. The maximum atomic E-state index is 14.4. The van der Waals surface area contributed by atoms with Gasteiger partial charge in [0.15, 0.2) is 11.5 Å². The lowest BCUT2D eigenvalue weighted by Crippen LogP contribution is -2.15. The van der Waals surface area contributed by atoms with Crippen molar-refractivity contribution in [3.05, 3.63) is 76.6 Å². The van der Waals surface area contributed by atoms with Gasteiger partial charge >= 0.3 is 6.18 Å². The predicted octanol–water partition coefficient (Wildman–Crippen LogP) is 6.52. The van der Waals surface area contributed by atoms with Gasteiger partial charge in [0.2, 0.25) is 0 Å². The largest absolute Gasteiger partial charge is 0.434 e. The summed E-state index contributed by atoms with van der Waals surface area (Å²) in [4.78, 5) is 12.1. The van der Waals surface area contributed by atoms with Crippen molar-refractivity contribution >= 4 is 28.4 Å². The van der Waals surface area contributed by atoms with E-state index in [0.717, 1.165) is 24.4 Å². The number of hydrogen-bond donors (Lipinski definition) is 0. The summed E-state index contributed by atoms with van der Waals surface area (Å²) in [5.74, 6) is -2.39. The number of halogens is 7. The molecule has 0 saturated carbocycles. The average Bonchev–Trinajstić information content (AvgIpc) is 3.32. The van der Waals surface area contributed by atoms with Crippen LogP contribution in [0.2, 0.25) is 5.02 Å². The van der Waals surface area contributed by atoms with Crippen LogP contribution < -0.4 is 0 Å². The number of aromatic nitrogens is 3. The summed E-state index contributed by atoms with van der Waals surface area (Å²) >= 11 is 11.6. The van der Waals surface area contributed by atoms with Crippen molar-refractivity contribution in [3.8, 4) is 28.3 Å². The Bertz CT molecular complexity index is 1330. The Morgan fingerprint density at radius 2 is 1.81 bits per heavy atom. The Morgan fingerprint density at radius 3 is 2.44 bits per heavy atom. The fourth-order valence-electron chi connectivity index (χ4n) is 3.14. The fourth-order valence-corrected chi connectivity index (χ4v) is 3.57. The van der Waals surface area contributed by atoms with Gasteiger partial charge in [0.1, 0.15) is 22.9 Å². The summed E-state index contributed by atoms with van der Waals surface area (Å²) in [6, 6.07) is 7.88. The standard InChI is InChI=1S/C20H8Cl2F5N3O2/c21-12-5-2-6-13(24)14(12)16-15(19(22)31)17(32-29-16)11-8-28-30(18(11)20(25,26)27)10-4-1-3-9(23)7-10/h1-8H. The van der Waals surface area contributed by atoms with Crippen LogP contribution in [0.25, 0.3) is 28.3 Å². The Labute approximate surface area is 186 Å². The Hall–Kier alpha value is -3.24. The quantitative estimate of drug-likeness (QED) is 0.242. The van der Waals surface area contributed by atoms with Gasteiger partial charge in [-0.25, -0.2) is 13.5 Å². The monoisotopic (exact) mass is 487 g/mol. The molecule has 0 bridgehead atoms. The molecule has 2 aromatic carbocycles. The molecule has 4 aromatic rings. The lowest BCUT2D eigenvalue weighted by molar-refractivity contribution is -0.142. The van der Waals surface area contributed by atoms with Gasteiger partial charge in [0.05, 0.1) is 28.0 Å². The smallest absolute Gasteiger partial charge is 0.355 e. The molecule has 4 rings (SSSR count). The molecule has 0 saturated heterocycles. The fraction of sp³-hybridized carbons (Fsp3) is 0.0500. The molecule has 0 aliphatic rings. The molecule has 0 atom stereocenters. The molecule has 0 radical (unpaired) electrons. The SMILES string of the molecule is O=C(Cl)c1c(-c2c(F)cccc2Cl)noc1-c1cnn(-c2cccc(F)c2)c1C(F)(F)F. The van der Waals surface area contributed by atoms with Crippen molar-refractivity contribution < 1.29 is 31.3 Å². The molecule has 0 unspecified atom stereocenters. The van der Waals surface area contributed by atoms with E-state index in [9.17, 15) is 26.7 Å². The minimum Gasteiger partial charge on any atom is -0.355 e. The van der Waals surface area contributed by atoms with E-state index in [0.29, 0.717) is 4.68 Å². The lowest BCUT2D eigenvalue weighted by Gasteiger charge is -2.12.